The van der Waals surface area contributed by atoms with Crippen molar-refractivity contribution in [3.63, 3.8) is 0 Å². The molecule has 6 heteroatoms. The summed E-state index contributed by atoms with van der Waals surface area (Å²) in [6.45, 7) is -0.390. The van der Waals surface area contributed by atoms with E-state index >= 15 is 0 Å². The van der Waals surface area contributed by atoms with Crippen LogP contribution in [0.15, 0.2) is 0 Å². The number of ether oxygens (including phenoxy) is 2. The molecule has 1 aliphatic heterocycles. The van der Waals surface area contributed by atoms with Crippen molar-refractivity contribution in [2.24, 2.45) is 0 Å². The Balaban J connectivity index is 2.69. The van der Waals surface area contributed by atoms with Crippen LogP contribution in [0, 0.1) is 0 Å². The molecule has 6 nitrogen and oxygen atoms in total. The Bertz CT molecular complexity index is 161. The Hall–Kier alpha value is -0.240. The fraction of sp³-hybridized carbons (Fsp3) is 1.00. The van der Waals surface area contributed by atoms with Crippen molar-refractivity contribution >= 4 is 0 Å². The van der Waals surface area contributed by atoms with Gasteiger partial charge in [-0.2, -0.15) is 0 Å². The van der Waals surface area contributed by atoms with E-state index in [4.69, 9.17) is 19.7 Å². The molecule has 1 aliphatic rings. The molecule has 78 valence electrons. The molecule has 0 bridgehead atoms. The van der Waals surface area contributed by atoms with Gasteiger partial charge in [0.25, 0.3) is 0 Å². The molecule has 13 heavy (non-hydrogen) atoms. The average Bonchev–Trinajstić information content (AvgIpc) is 2.13. The zero-order valence-electron chi connectivity index (χ0n) is 7.20. The molecular formula is C7H14O6. The van der Waals surface area contributed by atoms with Gasteiger partial charge in [-0.05, 0) is 0 Å². The maximum atomic E-state index is 9.38. The first kappa shape index (κ1) is 10.8. The third-order valence-corrected chi connectivity index (χ3v) is 2.11. The second-order valence-corrected chi connectivity index (χ2v) is 2.93. The van der Waals surface area contributed by atoms with E-state index in [1.54, 1.807) is 0 Å². The Kier molecular flexibility index (Phi) is 3.60. The van der Waals surface area contributed by atoms with Gasteiger partial charge in [-0.15, -0.1) is 0 Å². The minimum Gasteiger partial charge on any atom is -0.394 e. The van der Waals surface area contributed by atoms with Crippen LogP contribution >= 0.6 is 0 Å². The van der Waals surface area contributed by atoms with Crippen LogP contribution in [0.1, 0.15) is 0 Å². The lowest BCUT2D eigenvalue weighted by Crippen LogP contribution is -2.59. The zero-order valence-corrected chi connectivity index (χ0v) is 7.20. The van der Waals surface area contributed by atoms with Crippen LogP contribution in [0.3, 0.4) is 0 Å². The summed E-state index contributed by atoms with van der Waals surface area (Å²) in [5.74, 6) is 0. The molecule has 0 aromatic carbocycles. The minimum absolute atomic E-state index is 0.390. The number of rotatable bonds is 2. The Morgan fingerprint density at radius 1 is 1.23 bits per heavy atom. The maximum absolute atomic E-state index is 9.38. The monoisotopic (exact) mass is 194 g/mol. The summed E-state index contributed by atoms with van der Waals surface area (Å²) in [4.78, 5) is 0. The molecule has 0 aromatic rings. The van der Waals surface area contributed by atoms with Gasteiger partial charge in [0.05, 0.1) is 6.61 Å². The first-order chi connectivity index (χ1) is 6.11. The molecule has 0 aromatic heterocycles. The summed E-state index contributed by atoms with van der Waals surface area (Å²) in [5, 5.41) is 36.4. The van der Waals surface area contributed by atoms with Gasteiger partial charge in [-0.25, -0.2) is 0 Å². The first-order valence-corrected chi connectivity index (χ1v) is 3.95. The molecule has 5 atom stereocenters. The van der Waals surface area contributed by atoms with Gasteiger partial charge in [-0.1, -0.05) is 0 Å². The van der Waals surface area contributed by atoms with Crippen LogP contribution in [0.4, 0.5) is 0 Å². The van der Waals surface area contributed by atoms with E-state index in [0.717, 1.165) is 0 Å². The van der Waals surface area contributed by atoms with Crippen LogP contribution in [0.2, 0.25) is 0 Å². The highest BCUT2D eigenvalue weighted by molar-refractivity contribution is 4.89. The molecule has 1 saturated heterocycles. The highest BCUT2D eigenvalue weighted by atomic mass is 16.6. The zero-order chi connectivity index (χ0) is 10.0. The smallest absolute Gasteiger partial charge is 0.184 e. The largest absolute Gasteiger partial charge is 0.394 e. The van der Waals surface area contributed by atoms with E-state index in [1.807, 2.05) is 0 Å². The number of hydrogen-bond donors (Lipinski definition) is 4. The van der Waals surface area contributed by atoms with Crippen molar-refractivity contribution in [2.75, 3.05) is 13.7 Å². The van der Waals surface area contributed by atoms with Crippen LogP contribution < -0.4 is 0 Å². The van der Waals surface area contributed by atoms with Gasteiger partial charge in [0.2, 0.25) is 0 Å². The summed E-state index contributed by atoms with van der Waals surface area (Å²) in [6, 6.07) is 0. The van der Waals surface area contributed by atoms with Gasteiger partial charge < -0.3 is 29.9 Å². The molecule has 0 aliphatic carbocycles. The van der Waals surface area contributed by atoms with Gasteiger partial charge in [-0.3, -0.25) is 0 Å². The standard InChI is InChI=1S/C7H14O6/c1-12-6-3(2-8)13-7(11)5(10)4(6)9/h3-11H,2H2,1H3/t3-,4-,5-,6+,7?/m0/s1. The van der Waals surface area contributed by atoms with E-state index in [9.17, 15) is 10.2 Å². The lowest BCUT2D eigenvalue weighted by Gasteiger charge is -2.39. The molecule has 4 N–H and O–H groups in total. The van der Waals surface area contributed by atoms with Crippen molar-refractivity contribution < 1.29 is 29.9 Å². The van der Waals surface area contributed by atoms with Crippen LogP contribution in [0.25, 0.3) is 0 Å². The molecule has 1 rings (SSSR count). The van der Waals surface area contributed by atoms with E-state index in [2.05, 4.69) is 0 Å². The number of hydrogen-bond acceptors (Lipinski definition) is 6. The van der Waals surface area contributed by atoms with Crippen LogP contribution in [-0.2, 0) is 9.47 Å². The Labute approximate surface area is 75.3 Å². The molecular weight excluding hydrogens is 180 g/mol. The molecule has 0 radical (unpaired) electrons. The van der Waals surface area contributed by atoms with Gasteiger partial charge in [0.1, 0.15) is 24.4 Å². The molecule has 0 spiro atoms. The van der Waals surface area contributed by atoms with Gasteiger partial charge in [0.15, 0.2) is 6.29 Å². The predicted octanol–water partition coefficient (Wildman–Crippen LogP) is -2.57. The lowest BCUT2D eigenvalue weighted by molar-refractivity contribution is -0.290. The number of methoxy groups -OCH3 is 1. The molecule has 1 fully saturated rings. The normalized spacial score (nSPS) is 46.4. The fourth-order valence-electron chi connectivity index (χ4n) is 1.36. The van der Waals surface area contributed by atoms with Crippen LogP contribution in [0.5, 0.6) is 0 Å². The van der Waals surface area contributed by atoms with Crippen molar-refractivity contribution in [1.29, 1.82) is 0 Å². The fourth-order valence-corrected chi connectivity index (χ4v) is 1.36. The quantitative estimate of drug-likeness (QED) is 0.386. The molecule has 0 amide bonds. The number of aliphatic hydroxyl groups excluding tert-OH is 4. The van der Waals surface area contributed by atoms with Crippen LogP contribution in [-0.4, -0.2) is 64.8 Å². The lowest BCUT2D eigenvalue weighted by atomic mass is 9.99. The summed E-state index contributed by atoms with van der Waals surface area (Å²) < 4.78 is 9.61. The Morgan fingerprint density at radius 3 is 2.31 bits per heavy atom. The summed E-state index contributed by atoms with van der Waals surface area (Å²) in [6.07, 6.45) is -5.81. The highest BCUT2D eigenvalue weighted by Gasteiger charge is 2.43. The molecule has 0 saturated carbocycles. The third-order valence-electron chi connectivity index (χ3n) is 2.11. The van der Waals surface area contributed by atoms with Crippen molar-refractivity contribution in [1.82, 2.24) is 0 Å². The second-order valence-electron chi connectivity index (χ2n) is 2.93. The average molecular weight is 194 g/mol. The topological polar surface area (TPSA) is 99.4 Å². The summed E-state index contributed by atoms with van der Waals surface area (Å²) >= 11 is 0. The number of aliphatic hydroxyl groups is 4. The SMILES string of the molecule is CO[C@H]1[C@@H](O)[C@H](O)C(O)O[C@H]1CO. The molecule has 1 heterocycles. The van der Waals surface area contributed by atoms with Gasteiger partial charge >= 0.3 is 0 Å². The van der Waals surface area contributed by atoms with Crippen molar-refractivity contribution in [3.05, 3.63) is 0 Å². The predicted molar refractivity (Wildman–Crippen MR) is 40.8 cm³/mol. The van der Waals surface area contributed by atoms with E-state index in [0.29, 0.717) is 0 Å². The van der Waals surface area contributed by atoms with Gasteiger partial charge in [0, 0.05) is 7.11 Å². The minimum atomic E-state index is -1.49. The first-order valence-electron chi connectivity index (χ1n) is 3.95. The second kappa shape index (κ2) is 4.32. The summed E-state index contributed by atoms with van der Waals surface area (Å²) in [5.41, 5.74) is 0. The van der Waals surface area contributed by atoms with E-state index in [1.165, 1.54) is 7.11 Å². The third kappa shape index (κ3) is 1.98. The maximum Gasteiger partial charge on any atom is 0.184 e. The highest BCUT2D eigenvalue weighted by Crippen LogP contribution is 2.21. The van der Waals surface area contributed by atoms with Crippen molar-refractivity contribution in [2.45, 2.75) is 30.7 Å². The van der Waals surface area contributed by atoms with Crippen molar-refractivity contribution in [3.8, 4) is 0 Å². The summed E-state index contributed by atoms with van der Waals surface area (Å²) in [7, 11) is 1.32. The van der Waals surface area contributed by atoms with E-state index in [-0.39, 0.29) is 6.61 Å². The molecule has 1 unspecified atom stereocenters. The Morgan fingerprint density at radius 2 is 1.85 bits per heavy atom. The van der Waals surface area contributed by atoms with E-state index < -0.39 is 30.7 Å².